The van der Waals surface area contributed by atoms with Crippen molar-refractivity contribution in [2.24, 2.45) is 0 Å². The number of aryl methyl sites for hydroxylation is 1. The maximum absolute atomic E-state index is 13.2. The highest BCUT2D eigenvalue weighted by molar-refractivity contribution is 6.36. The predicted octanol–water partition coefficient (Wildman–Crippen LogP) is 4.24. The predicted molar refractivity (Wildman–Crippen MR) is 86.8 cm³/mol. The van der Waals surface area contributed by atoms with E-state index in [0.717, 1.165) is 4.57 Å². The molecule has 3 aromatic rings. The largest absolute Gasteiger partial charge is 0.433 e. The number of halogens is 4. The van der Waals surface area contributed by atoms with E-state index >= 15 is 0 Å². The highest BCUT2D eigenvalue weighted by Crippen LogP contribution is 2.34. The van der Waals surface area contributed by atoms with Gasteiger partial charge in [0.15, 0.2) is 0 Å². The molecule has 0 spiro atoms. The third-order valence-electron chi connectivity index (χ3n) is 3.67. The number of fused-ring (bicyclic) bond motifs is 1. The standard InChI is InChI=1S/C17H9ClF3N3O/c1-9-7-11-13(18)12(8-22)16(25)24(10-5-3-2-4-6-10)15(11)23-14(9)17(19,20)21/h2-7H,1H3. The molecule has 25 heavy (non-hydrogen) atoms. The lowest BCUT2D eigenvalue weighted by Gasteiger charge is -2.15. The van der Waals surface area contributed by atoms with Crippen LogP contribution in [0.4, 0.5) is 13.2 Å². The van der Waals surface area contributed by atoms with Gasteiger partial charge in [0.1, 0.15) is 23.0 Å². The maximum atomic E-state index is 13.2. The topological polar surface area (TPSA) is 58.7 Å². The third-order valence-corrected chi connectivity index (χ3v) is 4.06. The van der Waals surface area contributed by atoms with E-state index in [0.29, 0.717) is 0 Å². The maximum Gasteiger partial charge on any atom is 0.433 e. The molecule has 0 radical (unpaired) electrons. The molecule has 0 saturated carbocycles. The number of benzene rings is 1. The summed E-state index contributed by atoms with van der Waals surface area (Å²) in [6, 6.07) is 10.9. The minimum absolute atomic E-state index is 0.104. The second kappa shape index (κ2) is 5.90. The summed E-state index contributed by atoms with van der Waals surface area (Å²) in [5.41, 5.74) is -2.39. The number of para-hydroxylation sites is 1. The zero-order valence-electron chi connectivity index (χ0n) is 12.7. The highest BCUT2D eigenvalue weighted by Gasteiger charge is 2.35. The van der Waals surface area contributed by atoms with Crippen LogP contribution in [0.1, 0.15) is 16.8 Å². The van der Waals surface area contributed by atoms with Crippen molar-refractivity contribution < 1.29 is 13.2 Å². The van der Waals surface area contributed by atoms with Gasteiger partial charge in [0.25, 0.3) is 5.56 Å². The first kappa shape index (κ1) is 17.0. The lowest BCUT2D eigenvalue weighted by Crippen LogP contribution is -2.24. The fourth-order valence-corrected chi connectivity index (χ4v) is 2.83. The number of pyridine rings is 2. The van der Waals surface area contributed by atoms with Gasteiger partial charge in [0, 0.05) is 5.39 Å². The quantitative estimate of drug-likeness (QED) is 0.649. The molecular weight excluding hydrogens is 355 g/mol. The van der Waals surface area contributed by atoms with Gasteiger partial charge in [0.2, 0.25) is 0 Å². The molecule has 4 nitrogen and oxygen atoms in total. The summed E-state index contributed by atoms with van der Waals surface area (Å²) in [5, 5.41) is 9.13. The highest BCUT2D eigenvalue weighted by atomic mass is 35.5. The van der Waals surface area contributed by atoms with Crippen LogP contribution >= 0.6 is 11.6 Å². The van der Waals surface area contributed by atoms with Gasteiger partial charge in [-0.15, -0.1) is 0 Å². The molecule has 0 aliphatic heterocycles. The minimum Gasteiger partial charge on any atom is -0.267 e. The van der Waals surface area contributed by atoms with Crippen molar-refractivity contribution in [3.8, 4) is 11.8 Å². The van der Waals surface area contributed by atoms with Gasteiger partial charge < -0.3 is 0 Å². The van der Waals surface area contributed by atoms with Gasteiger partial charge in [-0.05, 0) is 30.7 Å². The van der Waals surface area contributed by atoms with E-state index in [4.69, 9.17) is 11.6 Å². The molecule has 2 aromatic heterocycles. The van der Waals surface area contributed by atoms with Crippen LogP contribution in [0, 0.1) is 18.3 Å². The SMILES string of the molecule is Cc1cc2c(Cl)c(C#N)c(=O)n(-c3ccccc3)c2nc1C(F)(F)F. The normalized spacial score (nSPS) is 11.5. The van der Waals surface area contributed by atoms with E-state index in [1.807, 2.05) is 0 Å². The fourth-order valence-electron chi connectivity index (χ4n) is 2.57. The third kappa shape index (κ3) is 2.75. The Morgan fingerprint density at radius 1 is 1.24 bits per heavy atom. The van der Waals surface area contributed by atoms with Crippen molar-refractivity contribution in [1.29, 1.82) is 5.26 Å². The molecule has 8 heteroatoms. The van der Waals surface area contributed by atoms with E-state index in [2.05, 4.69) is 4.98 Å². The Labute approximate surface area is 144 Å². The van der Waals surface area contributed by atoms with Crippen LogP contribution in [-0.4, -0.2) is 9.55 Å². The summed E-state index contributed by atoms with van der Waals surface area (Å²) in [4.78, 5) is 16.3. The van der Waals surface area contributed by atoms with E-state index in [1.165, 1.54) is 25.1 Å². The number of rotatable bonds is 1. The molecule has 0 N–H and O–H groups in total. The summed E-state index contributed by atoms with van der Waals surface area (Å²) in [6.07, 6.45) is -4.68. The van der Waals surface area contributed by atoms with Crippen molar-refractivity contribution in [3.63, 3.8) is 0 Å². The van der Waals surface area contributed by atoms with Crippen molar-refractivity contribution in [3.05, 3.63) is 68.6 Å². The first-order chi connectivity index (χ1) is 11.8. The van der Waals surface area contributed by atoms with Gasteiger partial charge in [-0.3, -0.25) is 9.36 Å². The Balaban J connectivity index is 2.57. The Kier molecular flexibility index (Phi) is 4.01. The molecule has 0 bridgehead atoms. The van der Waals surface area contributed by atoms with Crippen LogP contribution < -0.4 is 5.56 Å². The van der Waals surface area contributed by atoms with Crippen LogP contribution in [0.3, 0.4) is 0 Å². The second-order valence-corrected chi connectivity index (χ2v) is 5.68. The van der Waals surface area contributed by atoms with Crippen molar-refractivity contribution in [2.75, 3.05) is 0 Å². The Hall–Kier alpha value is -2.85. The van der Waals surface area contributed by atoms with Crippen LogP contribution in [0.2, 0.25) is 5.02 Å². The molecule has 0 aliphatic rings. The summed E-state index contributed by atoms with van der Waals surface area (Å²) in [6.45, 7) is 1.25. The van der Waals surface area contributed by atoms with Crippen LogP contribution in [0.25, 0.3) is 16.7 Å². The Morgan fingerprint density at radius 3 is 2.44 bits per heavy atom. The molecule has 1 aromatic carbocycles. The lowest BCUT2D eigenvalue weighted by atomic mass is 10.1. The molecule has 0 amide bonds. The van der Waals surface area contributed by atoms with Gasteiger partial charge in [0.05, 0.1) is 10.7 Å². The van der Waals surface area contributed by atoms with Crippen LogP contribution in [0.15, 0.2) is 41.2 Å². The number of alkyl halides is 3. The average Bonchev–Trinajstić information content (AvgIpc) is 2.55. The monoisotopic (exact) mass is 363 g/mol. The Bertz CT molecular complexity index is 1080. The first-order valence-corrected chi connectivity index (χ1v) is 7.42. The summed E-state index contributed by atoms with van der Waals surface area (Å²) < 4.78 is 40.6. The molecular formula is C17H9ClF3N3O. The minimum atomic E-state index is -4.68. The fraction of sp³-hybridized carbons (Fsp3) is 0.118. The zero-order chi connectivity index (χ0) is 18.4. The molecule has 126 valence electrons. The second-order valence-electron chi connectivity index (χ2n) is 5.30. The molecule has 3 rings (SSSR count). The Morgan fingerprint density at radius 2 is 1.88 bits per heavy atom. The van der Waals surface area contributed by atoms with Crippen LogP contribution in [-0.2, 0) is 6.18 Å². The van der Waals surface area contributed by atoms with Gasteiger partial charge in [-0.25, -0.2) is 4.98 Å². The molecule has 0 aliphatic carbocycles. The molecule has 0 fully saturated rings. The van der Waals surface area contributed by atoms with Gasteiger partial charge in [-0.1, -0.05) is 29.8 Å². The molecule has 2 heterocycles. The molecule has 0 atom stereocenters. The number of nitrogens with zero attached hydrogens (tertiary/aromatic N) is 3. The van der Waals surface area contributed by atoms with Crippen molar-refractivity contribution in [2.45, 2.75) is 13.1 Å². The van der Waals surface area contributed by atoms with E-state index < -0.39 is 17.4 Å². The number of hydrogen-bond donors (Lipinski definition) is 0. The molecule has 0 saturated heterocycles. The number of aromatic nitrogens is 2. The first-order valence-electron chi connectivity index (χ1n) is 7.04. The smallest absolute Gasteiger partial charge is 0.267 e. The van der Waals surface area contributed by atoms with Gasteiger partial charge >= 0.3 is 6.18 Å². The summed E-state index contributed by atoms with van der Waals surface area (Å²) >= 11 is 6.09. The van der Waals surface area contributed by atoms with Crippen LogP contribution in [0.5, 0.6) is 0 Å². The summed E-state index contributed by atoms with van der Waals surface area (Å²) in [5.74, 6) is 0. The number of hydrogen-bond acceptors (Lipinski definition) is 3. The summed E-state index contributed by atoms with van der Waals surface area (Å²) in [7, 11) is 0. The zero-order valence-corrected chi connectivity index (χ0v) is 13.5. The average molecular weight is 364 g/mol. The lowest BCUT2D eigenvalue weighted by molar-refractivity contribution is -0.141. The van der Waals surface area contributed by atoms with E-state index in [1.54, 1.807) is 24.3 Å². The van der Waals surface area contributed by atoms with E-state index in [9.17, 15) is 23.2 Å². The molecule has 0 unspecified atom stereocenters. The van der Waals surface area contributed by atoms with Crippen molar-refractivity contribution >= 4 is 22.6 Å². The number of nitriles is 1. The van der Waals surface area contributed by atoms with Crippen molar-refractivity contribution in [1.82, 2.24) is 9.55 Å². The van der Waals surface area contributed by atoms with E-state index in [-0.39, 0.29) is 32.9 Å². The van der Waals surface area contributed by atoms with Gasteiger partial charge in [-0.2, -0.15) is 18.4 Å².